The Kier molecular flexibility index (Phi) is 4.53. The minimum Gasteiger partial charge on any atom is -0.465 e. The van der Waals surface area contributed by atoms with Crippen LogP contribution in [0, 0.1) is 5.92 Å². The maximum atomic E-state index is 12.9. The molecule has 1 aliphatic rings. The van der Waals surface area contributed by atoms with Crippen LogP contribution in [0.2, 0.25) is 0 Å². The third-order valence-electron chi connectivity index (χ3n) is 4.81. The summed E-state index contributed by atoms with van der Waals surface area (Å²) < 4.78 is 6.31. The topological polar surface area (TPSA) is 89.7 Å². The summed E-state index contributed by atoms with van der Waals surface area (Å²) in [5, 5.41) is 4.21. The molecule has 1 amide bonds. The van der Waals surface area contributed by atoms with E-state index >= 15 is 0 Å². The van der Waals surface area contributed by atoms with Crippen molar-refractivity contribution in [1.29, 1.82) is 0 Å². The first-order chi connectivity index (χ1) is 13.2. The van der Waals surface area contributed by atoms with Crippen molar-refractivity contribution in [2.45, 2.75) is 12.8 Å². The highest BCUT2D eigenvalue weighted by molar-refractivity contribution is 5.93. The van der Waals surface area contributed by atoms with E-state index in [1.54, 1.807) is 35.2 Å². The minimum absolute atomic E-state index is 0.0647. The van der Waals surface area contributed by atoms with Gasteiger partial charge in [0.25, 0.3) is 5.91 Å². The molecule has 0 spiro atoms. The highest BCUT2D eigenvalue weighted by Gasteiger charge is 2.29. The van der Waals surface area contributed by atoms with Crippen molar-refractivity contribution in [3.05, 3.63) is 59.8 Å². The van der Waals surface area contributed by atoms with Gasteiger partial charge in [0.2, 0.25) is 0 Å². The highest BCUT2D eigenvalue weighted by Crippen LogP contribution is 2.23. The fraction of sp³-hybridized carbons (Fsp3) is 0.316. The normalized spacial score (nSPS) is 16.6. The van der Waals surface area contributed by atoms with Gasteiger partial charge in [0.05, 0.1) is 18.9 Å². The summed E-state index contributed by atoms with van der Waals surface area (Å²) in [5.41, 5.74) is 2.54. The molecule has 8 heteroatoms. The van der Waals surface area contributed by atoms with E-state index < -0.39 is 5.97 Å². The molecule has 1 atom stereocenters. The monoisotopic (exact) mass is 365 g/mol. The van der Waals surface area contributed by atoms with Gasteiger partial charge in [-0.15, -0.1) is 0 Å². The third-order valence-corrected chi connectivity index (χ3v) is 4.81. The van der Waals surface area contributed by atoms with Crippen molar-refractivity contribution in [1.82, 2.24) is 24.5 Å². The quantitative estimate of drug-likeness (QED) is 0.653. The summed E-state index contributed by atoms with van der Waals surface area (Å²) in [7, 11) is 1.35. The molecule has 4 heterocycles. The molecule has 1 saturated heterocycles. The van der Waals surface area contributed by atoms with E-state index in [1.165, 1.54) is 13.3 Å². The number of fused-ring (bicyclic) bond motifs is 1. The van der Waals surface area contributed by atoms with Crippen molar-refractivity contribution in [3.63, 3.8) is 0 Å². The maximum absolute atomic E-state index is 12.9. The molecule has 0 bridgehead atoms. The van der Waals surface area contributed by atoms with Crippen molar-refractivity contribution in [2.24, 2.45) is 5.92 Å². The van der Waals surface area contributed by atoms with Crippen molar-refractivity contribution < 1.29 is 14.3 Å². The lowest BCUT2D eigenvalue weighted by Crippen LogP contribution is -2.30. The number of nitrogens with zero attached hydrogens (tertiary/aromatic N) is 5. The van der Waals surface area contributed by atoms with Gasteiger partial charge in [-0.3, -0.25) is 9.78 Å². The predicted molar refractivity (Wildman–Crippen MR) is 96.3 cm³/mol. The van der Waals surface area contributed by atoms with Crippen LogP contribution >= 0.6 is 0 Å². The molecule has 1 aliphatic heterocycles. The summed E-state index contributed by atoms with van der Waals surface area (Å²) in [4.78, 5) is 34.7. The Balaban J connectivity index is 1.44. The molecule has 0 aliphatic carbocycles. The maximum Gasteiger partial charge on any atom is 0.339 e. The summed E-state index contributed by atoms with van der Waals surface area (Å²) in [6.07, 6.45) is 8.12. The van der Waals surface area contributed by atoms with E-state index in [1.807, 2.05) is 11.0 Å². The number of rotatable bonds is 4. The lowest BCUT2D eigenvalue weighted by atomic mass is 9.99. The number of pyridine rings is 1. The number of imidazole rings is 1. The lowest BCUT2D eigenvalue weighted by Gasteiger charge is -2.16. The van der Waals surface area contributed by atoms with Crippen LogP contribution in [0.4, 0.5) is 0 Å². The predicted octanol–water partition coefficient (Wildman–Crippen LogP) is 1.62. The van der Waals surface area contributed by atoms with Crippen LogP contribution in [0.3, 0.4) is 0 Å². The second kappa shape index (κ2) is 7.14. The zero-order chi connectivity index (χ0) is 18.8. The van der Waals surface area contributed by atoms with Crippen molar-refractivity contribution >= 4 is 17.5 Å². The Morgan fingerprint density at radius 3 is 3.04 bits per heavy atom. The average molecular weight is 365 g/mol. The second-order valence-corrected chi connectivity index (χ2v) is 6.62. The van der Waals surface area contributed by atoms with Gasteiger partial charge in [-0.25, -0.2) is 14.3 Å². The van der Waals surface area contributed by atoms with Gasteiger partial charge in [-0.2, -0.15) is 5.10 Å². The number of aromatic nitrogens is 4. The Morgan fingerprint density at radius 1 is 1.30 bits per heavy atom. The number of carbonyl (C=O) groups is 2. The summed E-state index contributed by atoms with van der Waals surface area (Å²) in [5.74, 6) is -0.145. The van der Waals surface area contributed by atoms with Crippen LogP contribution in [0.15, 0.2) is 43.0 Å². The number of likely N-dealkylation sites (tertiary alicyclic amines) is 1. The molecule has 4 rings (SSSR count). The van der Waals surface area contributed by atoms with Crippen LogP contribution in [-0.2, 0) is 11.2 Å². The van der Waals surface area contributed by atoms with Gasteiger partial charge in [-0.1, -0.05) is 0 Å². The number of esters is 1. The SMILES string of the molecule is COC(=O)c1cncc(CC2CCN(C(=O)c3cnc4cccnn34)C2)c1. The first-order valence-corrected chi connectivity index (χ1v) is 8.76. The second-order valence-electron chi connectivity index (χ2n) is 6.62. The molecule has 138 valence electrons. The minimum atomic E-state index is -0.396. The van der Waals surface area contributed by atoms with E-state index in [0.717, 1.165) is 18.4 Å². The highest BCUT2D eigenvalue weighted by atomic mass is 16.5. The number of carbonyl (C=O) groups excluding carboxylic acids is 2. The molecule has 0 saturated carbocycles. The van der Waals surface area contributed by atoms with Crippen molar-refractivity contribution in [3.8, 4) is 0 Å². The van der Waals surface area contributed by atoms with Crippen LogP contribution in [0.25, 0.3) is 5.65 Å². The molecule has 1 fully saturated rings. The zero-order valence-electron chi connectivity index (χ0n) is 14.9. The molecule has 3 aromatic rings. The molecular weight excluding hydrogens is 346 g/mol. The summed E-state index contributed by atoms with van der Waals surface area (Å²) in [6, 6.07) is 5.41. The first-order valence-electron chi connectivity index (χ1n) is 8.76. The summed E-state index contributed by atoms with van der Waals surface area (Å²) >= 11 is 0. The number of hydrogen-bond donors (Lipinski definition) is 0. The average Bonchev–Trinajstić information content (AvgIpc) is 3.34. The third kappa shape index (κ3) is 3.38. The molecule has 8 nitrogen and oxygen atoms in total. The standard InChI is InChI=1S/C19H19N5O3/c1-27-19(26)15-8-14(9-20-10-15)7-13-4-6-23(12-13)18(25)16-11-21-17-3-2-5-22-24(16)17/h2-3,5,8-11,13H,4,6-7,12H2,1H3. The van der Waals surface area contributed by atoms with Gasteiger partial charge >= 0.3 is 5.97 Å². The molecule has 27 heavy (non-hydrogen) atoms. The van der Waals surface area contributed by atoms with E-state index in [-0.39, 0.29) is 5.91 Å². The van der Waals surface area contributed by atoms with Gasteiger partial charge in [0.1, 0.15) is 0 Å². The number of ether oxygens (including phenoxy) is 1. The molecule has 0 aromatic carbocycles. The van der Waals surface area contributed by atoms with E-state index in [2.05, 4.69) is 15.1 Å². The smallest absolute Gasteiger partial charge is 0.339 e. The van der Waals surface area contributed by atoms with E-state index in [0.29, 0.717) is 35.9 Å². The van der Waals surface area contributed by atoms with Gasteiger partial charge in [0, 0.05) is 31.7 Å². The first kappa shape index (κ1) is 17.1. The van der Waals surface area contributed by atoms with Crippen molar-refractivity contribution in [2.75, 3.05) is 20.2 Å². The summed E-state index contributed by atoms with van der Waals surface area (Å²) in [6.45, 7) is 1.34. The molecule has 3 aromatic heterocycles. The van der Waals surface area contributed by atoms with Crippen LogP contribution in [0.1, 0.15) is 32.8 Å². The number of hydrogen-bond acceptors (Lipinski definition) is 6. The van der Waals surface area contributed by atoms with Crippen LogP contribution < -0.4 is 0 Å². The van der Waals surface area contributed by atoms with Gasteiger partial charge < -0.3 is 9.64 Å². The Morgan fingerprint density at radius 2 is 2.19 bits per heavy atom. The Hall–Kier alpha value is -3.29. The zero-order valence-corrected chi connectivity index (χ0v) is 14.9. The Labute approximate surface area is 155 Å². The lowest BCUT2D eigenvalue weighted by molar-refractivity contribution is 0.0600. The molecule has 1 unspecified atom stereocenters. The van der Waals surface area contributed by atoms with Crippen LogP contribution in [-0.4, -0.2) is 56.6 Å². The van der Waals surface area contributed by atoms with E-state index in [4.69, 9.17) is 4.74 Å². The number of methoxy groups -OCH3 is 1. The molecule has 0 radical (unpaired) electrons. The van der Waals surface area contributed by atoms with Gasteiger partial charge in [0.15, 0.2) is 11.3 Å². The number of amides is 1. The fourth-order valence-corrected chi connectivity index (χ4v) is 3.48. The largest absolute Gasteiger partial charge is 0.465 e. The molecule has 0 N–H and O–H groups in total. The fourth-order valence-electron chi connectivity index (χ4n) is 3.48. The van der Waals surface area contributed by atoms with Gasteiger partial charge in [-0.05, 0) is 42.5 Å². The molecular formula is C19H19N5O3. The van der Waals surface area contributed by atoms with E-state index in [9.17, 15) is 9.59 Å². The Bertz CT molecular complexity index is 1000. The van der Waals surface area contributed by atoms with Crippen LogP contribution in [0.5, 0.6) is 0 Å².